The third-order valence-electron chi connectivity index (χ3n) is 3.59. The molecule has 0 saturated carbocycles. The smallest absolute Gasteiger partial charge is 0.354 e. The van der Waals surface area contributed by atoms with Gasteiger partial charge in [0.25, 0.3) is 0 Å². The molecule has 0 unspecified atom stereocenters. The molecule has 2 N–H and O–H groups in total. The first-order valence-corrected chi connectivity index (χ1v) is 6.21. The number of hydrogen-bond donors (Lipinski definition) is 2. The van der Waals surface area contributed by atoms with Crippen molar-refractivity contribution in [2.24, 2.45) is 0 Å². The lowest BCUT2D eigenvalue weighted by Gasteiger charge is -2.18. The fraction of sp³-hybridized carbons (Fsp3) is 0.286. The molecule has 20 heavy (non-hydrogen) atoms. The van der Waals surface area contributed by atoms with Gasteiger partial charge in [0.1, 0.15) is 5.69 Å². The first-order valence-electron chi connectivity index (χ1n) is 6.21. The predicted octanol–water partition coefficient (Wildman–Crippen LogP) is 1.89. The van der Waals surface area contributed by atoms with Crippen LogP contribution >= 0.6 is 0 Å². The van der Waals surface area contributed by atoms with Crippen molar-refractivity contribution >= 4 is 5.97 Å². The predicted molar refractivity (Wildman–Crippen MR) is 71.5 cm³/mol. The molecule has 0 fully saturated rings. The second-order valence-corrected chi connectivity index (χ2v) is 4.60. The third kappa shape index (κ3) is 1.72. The van der Waals surface area contributed by atoms with Crippen LogP contribution in [-0.4, -0.2) is 35.5 Å². The minimum Gasteiger partial charge on any atom is -0.493 e. The molecular formula is C14H14N2O4. The molecule has 6 nitrogen and oxygen atoms in total. The maximum absolute atomic E-state index is 11.2. The summed E-state index contributed by atoms with van der Waals surface area (Å²) < 4.78 is 10.6. The Labute approximate surface area is 115 Å². The molecule has 1 aromatic carbocycles. The fourth-order valence-corrected chi connectivity index (χ4v) is 2.62. The molecule has 2 aromatic rings. The monoisotopic (exact) mass is 274 g/mol. The number of aromatic amines is 1. The largest absolute Gasteiger partial charge is 0.493 e. The first-order chi connectivity index (χ1) is 9.65. The van der Waals surface area contributed by atoms with Crippen LogP contribution in [-0.2, 0) is 12.8 Å². The van der Waals surface area contributed by atoms with Gasteiger partial charge in [0.2, 0.25) is 0 Å². The Balaban J connectivity index is 2.19. The number of nitrogens with zero attached hydrogens (tertiary/aromatic N) is 1. The van der Waals surface area contributed by atoms with E-state index in [2.05, 4.69) is 10.2 Å². The third-order valence-corrected chi connectivity index (χ3v) is 3.59. The highest BCUT2D eigenvalue weighted by Crippen LogP contribution is 2.40. The summed E-state index contributed by atoms with van der Waals surface area (Å²) in [5, 5.41) is 15.9. The molecule has 1 aromatic heterocycles. The van der Waals surface area contributed by atoms with E-state index in [4.69, 9.17) is 14.6 Å². The van der Waals surface area contributed by atoms with Gasteiger partial charge in [-0.2, -0.15) is 5.10 Å². The van der Waals surface area contributed by atoms with Crippen LogP contribution in [0.15, 0.2) is 12.1 Å². The highest BCUT2D eigenvalue weighted by molar-refractivity contribution is 5.90. The quantitative estimate of drug-likeness (QED) is 0.892. The highest BCUT2D eigenvalue weighted by atomic mass is 16.5. The van der Waals surface area contributed by atoms with E-state index in [9.17, 15) is 4.79 Å². The van der Waals surface area contributed by atoms with Gasteiger partial charge in [0.15, 0.2) is 11.5 Å². The topological polar surface area (TPSA) is 84.4 Å². The Morgan fingerprint density at radius 1 is 1.25 bits per heavy atom. The Kier molecular flexibility index (Phi) is 2.85. The van der Waals surface area contributed by atoms with Crippen LogP contribution in [0.1, 0.15) is 21.6 Å². The van der Waals surface area contributed by atoms with Gasteiger partial charge in [0.05, 0.1) is 19.9 Å². The zero-order valence-electron chi connectivity index (χ0n) is 11.2. The first kappa shape index (κ1) is 12.5. The second kappa shape index (κ2) is 4.56. The minimum atomic E-state index is -0.984. The summed E-state index contributed by atoms with van der Waals surface area (Å²) in [5.41, 5.74) is 3.58. The summed E-state index contributed by atoms with van der Waals surface area (Å²) >= 11 is 0. The lowest BCUT2D eigenvalue weighted by Crippen LogP contribution is -2.08. The zero-order chi connectivity index (χ0) is 14.3. The maximum Gasteiger partial charge on any atom is 0.354 e. The number of aromatic nitrogens is 2. The van der Waals surface area contributed by atoms with Crippen LogP contribution in [0.5, 0.6) is 11.5 Å². The second-order valence-electron chi connectivity index (χ2n) is 4.60. The average Bonchev–Trinajstić information content (AvgIpc) is 2.90. The zero-order valence-corrected chi connectivity index (χ0v) is 11.2. The highest BCUT2D eigenvalue weighted by Gasteiger charge is 2.26. The number of fused-ring (bicyclic) bond motifs is 3. The van der Waals surface area contributed by atoms with Gasteiger partial charge >= 0.3 is 5.97 Å². The van der Waals surface area contributed by atoms with Gasteiger partial charge in [-0.25, -0.2) is 4.79 Å². The molecule has 0 amide bonds. The Morgan fingerprint density at radius 2 is 1.95 bits per heavy atom. The van der Waals surface area contributed by atoms with Gasteiger partial charge in [-0.1, -0.05) is 0 Å². The van der Waals surface area contributed by atoms with E-state index >= 15 is 0 Å². The molecule has 0 radical (unpaired) electrons. The van der Waals surface area contributed by atoms with E-state index in [1.165, 1.54) is 0 Å². The van der Waals surface area contributed by atoms with Crippen molar-refractivity contribution in [3.8, 4) is 22.8 Å². The number of rotatable bonds is 3. The fourth-order valence-electron chi connectivity index (χ4n) is 2.62. The Hall–Kier alpha value is -2.50. The number of benzene rings is 1. The summed E-state index contributed by atoms with van der Waals surface area (Å²) in [5.74, 6) is 0.297. The summed E-state index contributed by atoms with van der Waals surface area (Å²) in [4.78, 5) is 11.2. The van der Waals surface area contributed by atoms with Crippen molar-refractivity contribution in [2.45, 2.75) is 12.8 Å². The van der Waals surface area contributed by atoms with Gasteiger partial charge in [-0.3, -0.25) is 5.10 Å². The number of methoxy groups -OCH3 is 2. The molecule has 0 bridgehead atoms. The van der Waals surface area contributed by atoms with E-state index in [1.807, 2.05) is 12.1 Å². The van der Waals surface area contributed by atoms with Crippen molar-refractivity contribution in [3.05, 3.63) is 29.0 Å². The standard InChI is InChI=1S/C14H14N2O4/c1-19-10-5-7-3-4-8-12(9(7)6-11(10)20-2)15-16-13(8)14(17)18/h5-6H,3-4H2,1-2H3,(H,15,16)(H,17,18). The van der Waals surface area contributed by atoms with Crippen molar-refractivity contribution in [3.63, 3.8) is 0 Å². The van der Waals surface area contributed by atoms with Gasteiger partial charge < -0.3 is 14.6 Å². The lowest BCUT2D eigenvalue weighted by molar-refractivity contribution is 0.0689. The molecule has 1 aliphatic carbocycles. The number of H-pyrrole nitrogens is 1. The molecule has 1 aliphatic rings. The molecule has 0 spiro atoms. The summed E-state index contributed by atoms with van der Waals surface area (Å²) in [7, 11) is 3.16. The van der Waals surface area contributed by atoms with E-state index in [0.29, 0.717) is 23.6 Å². The van der Waals surface area contributed by atoms with Crippen LogP contribution in [0.2, 0.25) is 0 Å². The minimum absolute atomic E-state index is 0.167. The van der Waals surface area contributed by atoms with Crippen LogP contribution in [0.25, 0.3) is 11.3 Å². The van der Waals surface area contributed by atoms with E-state index < -0.39 is 5.97 Å². The van der Waals surface area contributed by atoms with Crippen molar-refractivity contribution in [1.82, 2.24) is 10.2 Å². The number of carboxylic acid groups (broad SMARTS) is 1. The van der Waals surface area contributed by atoms with Gasteiger partial charge in [-0.05, 0) is 30.5 Å². The van der Waals surface area contributed by atoms with Gasteiger partial charge in [0, 0.05) is 11.1 Å². The summed E-state index contributed by atoms with van der Waals surface area (Å²) in [6.45, 7) is 0. The normalized spacial score (nSPS) is 12.5. The van der Waals surface area contributed by atoms with Crippen LogP contribution in [0.4, 0.5) is 0 Å². The van der Waals surface area contributed by atoms with Crippen LogP contribution in [0, 0.1) is 0 Å². The number of nitrogens with one attached hydrogen (secondary N) is 1. The summed E-state index contributed by atoms with van der Waals surface area (Å²) in [6.07, 6.45) is 1.40. The number of carbonyl (C=O) groups is 1. The number of aromatic carboxylic acids is 1. The molecule has 6 heteroatoms. The van der Waals surface area contributed by atoms with Crippen LogP contribution < -0.4 is 9.47 Å². The molecule has 0 atom stereocenters. The number of ether oxygens (including phenoxy) is 2. The van der Waals surface area contributed by atoms with Gasteiger partial charge in [-0.15, -0.1) is 0 Å². The lowest BCUT2D eigenvalue weighted by atomic mass is 9.88. The molecule has 1 heterocycles. The van der Waals surface area contributed by atoms with Crippen molar-refractivity contribution in [1.29, 1.82) is 0 Å². The number of aryl methyl sites for hydroxylation is 1. The molecule has 104 valence electrons. The maximum atomic E-state index is 11.2. The van der Waals surface area contributed by atoms with E-state index in [-0.39, 0.29) is 5.69 Å². The van der Waals surface area contributed by atoms with E-state index in [0.717, 1.165) is 23.1 Å². The summed E-state index contributed by atoms with van der Waals surface area (Å²) in [6, 6.07) is 3.77. The molecule has 0 saturated heterocycles. The SMILES string of the molecule is COc1cc2c(cc1OC)-c1n[nH]c(C(=O)O)c1CC2. The molecular weight excluding hydrogens is 260 g/mol. The Bertz CT molecular complexity index is 691. The Morgan fingerprint density at radius 3 is 2.60 bits per heavy atom. The number of carboxylic acids is 1. The average molecular weight is 274 g/mol. The van der Waals surface area contributed by atoms with Crippen molar-refractivity contribution < 1.29 is 19.4 Å². The number of hydrogen-bond acceptors (Lipinski definition) is 4. The van der Waals surface area contributed by atoms with Crippen molar-refractivity contribution in [2.75, 3.05) is 14.2 Å². The van der Waals surface area contributed by atoms with Crippen LogP contribution in [0.3, 0.4) is 0 Å². The van der Waals surface area contributed by atoms with E-state index in [1.54, 1.807) is 14.2 Å². The molecule has 3 rings (SSSR count). The molecule has 0 aliphatic heterocycles.